The van der Waals surface area contributed by atoms with Crippen LogP contribution in [-0.4, -0.2) is 18.4 Å². The number of ether oxygens (including phenoxy) is 1. The topological polar surface area (TPSA) is 67.4 Å². The summed E-state index contributed by atoms with van der Waals surface area (Å²) in [7, 11) is 0. The Balaban J connectivity index is 1.69. The first-order valence-corrected chi connectivity index (χ1v) is 7.21. The molecule has 118 valence electrons. The maximum absolute atomic E-state index is 13.1. The van der Waals surface area contributed by atoms with Gasteiger partial charge in [0.15, 0.2) is 0 Å². The van der Waals surface area contributed by atoms with Gasteiger partial charge in [-0.3, -0.25) is 9.59 Å². The fraction of sp³-hybridized carbons (Fsp3) is 0.176. The molecule has 23 heavy (non-hydrogen) atoms. The van der Waals surface area contributed by atoms with Gasteiger partial charge in [0.25, 0.3) is 5.91 Å². The molecule has 6 heteroatoms. The van der Waals surface area contributed by atoms with Crippen LogP contribution in [0.15, 0.2) is 42.5 Å². The van der Waals surface area contributed by atoms with Gasteiger partial charge in [-0.15, -0.1) is 0 Å². The molecule has 2 N–H and O–H groups in total. The van der Waals surface area contributed by atoms with E-state index in [2.05, 4.69) is 10.6 Å². The van der Waals surface area contributed by atoms with Gasteiger partial charge in [0.2, 0.25) is 5.91 Å². The monoisotopic (exact) mass is 314 g/mol. The third-order valence-corrected chi connectivity index (χ3v) is 3.44. The van der Waals surface area contributed by atoms with Gasteiger partial charge in [0.1, 0.15) is 11.6 Å². The molecule has 1 aliphatic rings. The van der Waals surface area contributed by atoms with Crippen LogP contribution >= 0.6 is 0 Å². The van der Waals surface area contributed by atoms with E-state index in [0.29, 0.717) is 24.5 Å². The molecule has 0 aromatic heterocycles. The third kappa shape index (κ3) is 3.66. The van der Waals surface area contributed by atoms with Gasteiger partial charge in [-0.1, -0.05) is 12.1 Å². The summed E-state index contributed by atoms with van der Waals surface area (Å²) in [6.45, 7) is 0.604. The SMILES string of the molecule is O=C1CCOc2ccc(CNC(=O)c3cccc(F)c3)cc2N1. The second kappa shape index (κ2) is 6.48. The quantitative estimate of drug-likeness (QED) is 0.914. The van der Waals surface area contributed by atoms with Crippen LogP contribution in [0.4, 0.5) is 10.1 Å². The zero-order valence-corrected chi connectivity index (χ0v) is 12.3. The number of rotatable bonds is 3. The van der Waals surface area contributed by atoms with Crippen LogP contribution < -0.4 is 15.4 Å². The summed E-state index contributed by atoms with van der Waals surface area (Å²) in [5, 5.41) is 5.48. The summed E-state index contributed by atoms with van der Waals surface area (Å²) in [5.74, 6) is -0.317. The summed E-state index contributed by atoms with van der Waals surface area (Å²) in [6, 6.07) is 10.8. The molecule has 0 bridgehead atoms. The second-order valence-electron chi connectivity index (χ2n) is 5.17. The zero-order valence-electron chi connectivity index (χ0n) is 12.3. The molecule has 1 heterocycles. The first-order chi connectivity index (χ1) is 11.1. The van der Waals surface area contributed by atoms with Gasteiger partial charge in [-0.25, -0.2) is 4.39 Å². The van der Waals surface area contributed by atoms with E-state index in [9.17, 15) is 14.0 Å². The van der Waals surface area contributed by atoms with E-state index in [4.69, 9.17) is 4.74 Å². The highest BCUT2D eigenvalue weighted by molar-refractivity contribution is 5.94. The van der Waals surface area contributed by atoms with Crippen LogP contribution in [0.1, 0.15) is 22.3 Å². The second-order valence-corrected chi connectivity index (χ2v) is 5.17. The minimum Gasteiger partial charge on any atom is -0.491 e. The highest BCUT2D eigenvalue weighted by atomic mass is 19.1. The largest absolute Gasteiger partial charge is 0.491 e. The van der Waals surface area contributed by atoms with E-state index in [1.807, 2.05) is 6.07 Å². The molecule has 5 nitrogen and oxygen atoms in total. The van der Waals surface area contributed by atoms with Crippen molar-refractivity contribution in [3.8, 4) is 5.75 Å². The van der Waals surface area contributed by atoms with Crippen LogP contribution in [0.25, 0.3) is 0 Å². The first-order valence-electron chi connectivity index (χ1n) is 7.21. The fourth-order valence-corrected chi connectivity index (χ4v) is 2.29. The number of hydrogen-bond donors (Lipinski definition) is 2. The Morgan fingerprint density at radius 1 is 1.26 bits per heavy atom. The molecular weight excluding hydrogens is 299 g/mol. The molecular formula is C17H15FN2O3. The molecule has 0 saturated carbocycles. The van der Waals surface area contributed by atoms with E-state index in [-0.39, 0.29) is 23.9 Å². The first kappa shape index (κ1) is 15.0. The Morgan fingerprint density at radius 3 is 2.96 bits per heavy atom. The minimum atomic E-state index is -0.456. The molecule has 0 saturated heterocycles. The number of nitrogens with one attached hydrogen (secondary N) is 2. The summed E-state index contributed by atoms with van der Waals surface area (Å²) in [4.78, 5) is 23.5. The lowest BCUT2D eigenvalue weighted by molar-refractivity contribution is -0.116. The number of benzene rings is 2. The van der Waals surface area contributed by atoms with Gasteiger partial charge >= 0.3 is 0 Å². The predicted molar refractivity (Wildman–Crippen MR) is 82.8 cm³/mol. The number of anilines is 1. The van der Waals surface area contributed by atoms with Crippen molar-refractivity contribution in [3.05, 3.63) is 59.4 Å². The molecule has 0 radical (unpaired) electrons. The number of hydrogen-bond acceptors (Lipinski definition) is 3. The van der Waals surface area contributed by atoms with Gasteiger partial charge in [-0.2, -0.15) is 0 Å². The molecule has 3 rings (SSSR count). The number of carbonyl (C=O) groups excluding carboxylic acids is 2. The lowest BCUT2D eigenvalue weighted by Crippen LogP contribution is -2.23. The predicted octanol–water partition coefficient (Wildman–Crippen LogP) is 2.48. The lowest BCUT2D eigenvalue weighted by Gasteiger charge is -2.10. The van der Waals surface area contributed by atoms with Crippen molar-refractivity contribution < 1.29 is 18.7 Å². The summed E-state index contributed by atoms with van der Waals surface area (Å²) in [5.41, 5.74) is 1.65. The van der Waals surface area contributed by atoms with Crippen molar-refractivity contribution in [1.29, 1.82) is 0 Å². The molecule has 0 unspecified atom stereocenters. The molecule has 2 amide bonds. The van der Waals surface area contributed by atoms with E-state index in [0.717, 1.165) is 5.56 Å². The van der Waals surface area contributed by atoms with Crippen LogP contribution in [0.5, 0.6) is 5.75 Å². The van der Waals surface area contributed by atoms with Gasteiger partial charge in [0, 0.05) is 12.1 Å². The van der Waals surface area contributed by atoms with Gasteiger partial charge < -0.3 is 15.4 Å². The molecule has 2 aromatic rings. The Morgan fingerprint density at radius 2 is 2.13 bits per heavy atom. The molecule has 0 atom stereocenters. The van der Waals surface area contributed by atoms with E-state index < -0.39 is 5.82 Å². The van der Waals surface area contributed by atoms with Crippen molar-refractivity contribution >= 4 is 17.5 Å². The van der Waals surface area contributed by atoms with Crippen molar-refractivity contribution in [2.24, 2.45) is 0 Å². The number of carbonyl (C=O) groups is 2. The van der Waals surface area contributed by atoms with Crippen molar-refractivity contribution in [1.82, 2.24) is 5.32 Å². The van der Waals surface area contributed by atoms with E-state index >= 15 is 0 Å². The average Bonchev–Trinajstić information content (AvgIpc) is 2.72. The highest BCUT2D eigenvalue weighted by Crippen LogP contribution is 2.28. The third-order valence-electron chi connectivity index (χ3n) is 3.44. The Bertz CT molecular complexity index is 761. The van der Waals surface area contributed by atoms with Crippen molar-refractivity contribution in [2.75, 3.05) is 11.9 Å². The van der Waals surface area contributed by atoms with Crippen LogP contribution in [0.2, 0.25) is 0 Å². The maximum atomic E-state index is 13.1. The average molecular weight is 314 g/mol. The van der Waals surface area contributed by atoms with E-state index in [1.165, 1.54) is 18.2 Å². The van der Waals surface area contributed by atoms with E-state index in [1.54, 1.807) is 18.2 Å². The Labute approximate surface area is 132 Å². The number of fused-ring (bicyclic) bond motifs is 1. The molecule has 2 aromatic carbocycles. The summed E-state index contributed by atoms with van der Waals surface area (Å²) >= 11 is 0. The van der Waals surface area contributed by atoms with Crippen LogP contribution in [-0.2, 0) is 11.3 Å². The fourth-order valence-electron chi connectivity index (χ4n) is 2.29. The number of amides is 2. The maximum Gasteiger partial charge on any atom is 0.251 e. The molecule has 0 spiro atoms. The zero-order chi connectivity index (χ0) is 16.2. The molecule has 1 aliphatic heterocycles. The van der Waals surface area contributed by atoms with Gasteiger partial charge in [0.05, 0.1) is 18.7 Å². The standard InChI is InChI=1S/C17H15FN2O3/c18-13-3-1-2-12(9-13)17(22)19-10-11-4-5-15-14(8-11)20-16(21)6-7-23-15/h1-5,8-9H,6-7,10H2,(H,19,22)(H,20,21). The van der Waals surface area contributed by atoms with Crippen molar-refractivity contribution in [3.63, 3.8) is 0 Å². The van der Waals surface area contributed by atoms with Crippen LogP contribution in [0.3, 0.4) is 0 Å². The minimum absolute atomic E-state index is 0.107. The number of halogens is 1. The van der Waals surface area contributed by atoms with Crippen molar-refractivity contribution in [2.45, 2.75) is 13.0 Å². The molecule has 0 fully saturated rings. The smallest absolute Gasteiger partial charge is 0.251 e. The lowest BCUT2D eigenvalue weighted by atomic mass is 10.1. The Hall–Kier alpha value is -2.89. The highest BCUT2D eigenvalue weighted by Gasteiger charge is 2.14. The molecule has 0 aliphatic carbocycles. The normalized spacial score (nSPS) is 13.3. The summed E-state index contributed by atoms with van der Waals surface area (Å²) in [6.07, 6.45) is 0.306. The Kier molecular flexibility index (Phi) is 4.23. The van der Waals surface area contributed by atoms with Crippen LogP contribution in [0, 0.1) is 5.82 Å². The summed E-state index contributed by atoms with van der Waals surface area (Å²) < 4.78 is 18.6. The van der Waals surface area contributed by atoms with Gasteiger partial charge in [-0.05, 0) is 35.9 Å².